The van der Waals surface area contributed by atoms with Crippen LogP contribution in [0.15, 0.2) is 6.07 Å². The monoisotopic (exact) mass is 293 g/mol. The second kappa shape index (κ2) is 6.99. The van der Waals surface area contributed by atoms with Crippen molar-refractivity contribution in [3.05, 3.63) is 16.8 Å². The Balaban J connectivity index is 2.04. The number of anilines is 1. The maximum atomic E-state index is 5.55. The van der Waals surface area contributed by atoms with Crippen LogP contribution in [-0.2, 0) is 11.2 Å². The average Bonchev–Trinajstić information content (AvgIpc) is 2.78. The zero-order chi connectivity index (χ0) is 14.5. The number of ether oxygens (including phenoxy) is 1. The smallest absolute Gasteiger partial charge is 0.138 e. The Bertz CT molecular complexity index is 565. The number of nitrogens with zero attached hydrogens (tertiary/aromatic N) is 2. The minimum absolute atomic E-state index is 0.298. The summed E-state index contributed by atoms with van der Waals surface area (Å²) in [5.74, 6) is 1.86. The molecule has 0 unspecified atom stereocenters. The number of thiophene rings is 1. The van der Waals surface area contributed by atoms with E-state index in [1.54, 1.807) is 11.3 Å². The van der Waals surface area contributed by atoms with E-state index in [-0.39, 0.29) is 0 Å². The molecule has 2 rings (SSSR count). The van der Waals surface area contributed by atoms with Crippen molar-refractivity contribution in [3.8, 4) is 0 Å². The van der Waals surface area contributed by atoms with E-state index in [9.17, 15) is 0 Å². The van der Waals surface area contributed by atoms with E-state index in [0.29, 0.717) is 6.10 Å². The van der Waals surface area contributed by atoms with Crippen molar-refractivity contribution < 1.29 is 4.74 Å². The van der Waals surface area contributed by atoms with Crippen LogP contribution in [0.25, 0.3) is 10.2 Å². The Hall–Kier alpha value is -1.20. The molecule has 20 heavy (non-hydrogen) atoms. The summed E-state index contributed by atoms with van der Waals surface area (Å²) < 4.78 is 5.55. The van der Waals surface area contributed by atoms with Gasteiger partial charge in [-0.25, -0.2) is 9.97 Å². The number of aryl methyl sites for hydroxylation is 2. The highest BCUT2D eigenvalue weighted by Gasteiger charge is 2.09. The molecule has 2 aromatic heterocycles. The minimum atomic E-state index is 0.298. The second-order valence-electron chi connectivity index (χ2n) is 5.12. The molecule has 4 nitrogen and oxygen atoms in total. The molecule has 110 valence electrons. The molecule has 0 atom stereocenters. The molecule has 0 aromatic carbocycles. The van der Waals surface area contributed by atoms with E-state index in [4.69, 9.17) is 4.74 Å². The number of nitrogens with one attached hydrogen (secondary N) is 1. The third-order valence-electron chi connectivity index (χ3n) is 2.94. The number of rotatable bonds is 7. The zero-order valence-electron chi connectivity index (χ0n) is 12.7. The molecule has 2 aromatic rings. The fourth-order valence-corrected chi connectivity index (χ4v) is 2.88. The molecule has 0 fully saturated rings. The minimum Gasteiger partial charge on any atom is -0.379 e. The highest BCUT2D eigenvalue weighted by Crippen LogP contribution is 2.28. The number of fused-ring (bicyclic) bond motifs is 1. The third-order valence-corrected chi connectivity index (χ3v) is 3.89. The fourth-order valence-electron chi connectivity index (χ4n) is 1.98. The molecular weight excluding hydrogens is 270 g/mol. The summed E-state index contributed by atoms with van der Waals surface area (Å²) >= 11 is 1.73. The first kappa shape index (κ1) is 15.2. The first-order valence-corrected chi connectivity index (χ1v) is 8.04. The Labute approximate surface area is 124 Å². The van der Waals surface area contributed by atoms with Gasteiger partial charge in [0, 0.05) is 24.4 Å². The molecule has 0 radical (unpaired) electrons. The van der Waals surface area contributed by atoms with E-state index in [1.165, 1.54) is 4.88 Å². The van der Waals surface area contributed by atoms with Gasteiger partial charge in [0.25, 0.3) is 0 Å². The molecule has 0 amide bonds. The van der Waals surface area contributed by atoms with Crippen molar-refractivity contribution in [1.82, 2.24) is 9.97 Å². The highest BCUT2D eigenvalue weighted by atomic mass is 32.1. The van der Waals surface area contributed by atoms with Gasteiger partial charge in [0.05, 0.1) is 11.5 Å². The summed E-state index contributed by atoms with van der Waals surface area (Å²) in [5, 5.41) is 4.56. The van der Waals surface area contributed by atoms with Gasteiger partial charge < -0.3 is 10.1 Å². The van der Waals surface area contributed by atoms with Crippen LogP contribution in [0.5, 0.6) is 0 Å². The molecule has 0 aliphatic carbocycles. The Morgan fingerprint density at radius 2 is 2.15 bits per heavy atom. The lowest BCUT2D eigenvalue weighted by Crippen LogP contribution is -2.10. The topological polar surface area (TPSA) is 47.0 Å². The van der Waals surface area contributed by atoms with Crippen molar-refractivity contribution in [1.29, 1.82) is 0 Å². The Kier molecular flexibility index (Phi) is 5.31. The van der Waals surface area contributed by atoms with Gasteiger partial charge in [-0.3, -0.25) is 0 Å². The fraction of sp³-hybridized carbons (Fsp3) is 0.600. The summed E-state index contributed by atoms with van der Waals surface area (Å²) in [6.07, 6.45) is 2.14. The predicted molar refractivity (Wildman–Crippen MR) is 85.7 cm³/mol. The number of hydrogen-bond acceptors (Lipinski definition) is 5. The molecule has 0 aliphatic heterocycles. The predicted octanol–water partition coefficient (Wildman–Crippen LogP) is 3.79. The first-order chi connectivity index (χ1) is 9.60. The molecule has 0 saturated carbocycles. The van der Waals surface area contributed by atoms with Crippen LogP contribution in [0.2, 0.25) is 0 Å². The molecule has 0 saturated heterocycles. The second-order valence-corrected chi connectivity index (χ2v) is 6.35. The largest absolute Gasteiger partial charge is 0.379 e. The summed E-state index contributed by atoms with van der Waals surface area (Å²) in [5.41, 5.74) is 0. The maximum absolute atomic E-state index is 5.55. The van der Waals surface area contributed by atoms with Gasteiger partial charge in [-0.05, 0) is 33.3 Å². The first-order valence-electron chi connectivity index (χ1n) is 7.22. The Morgan fingerprint density at radius 3 is 2.85 bits per heavy atom. The quantitative estimate of drug-likeness (QED) is 0.789. The van der Waals surface area contributed by atoms with E-state index < -0.39 is 0 Å². The van der Waals surface area contributed by atoms with Crippen molar-refractivity contribution in [2.24, 2.45) is 0 Å². The molecule has 2 heterocycles. The molecule has 0 aliphatic rings. The number of hydrogen-bond donors (Lipinski definition) is 1. The van der Waals surface area contributed by atoms with Crippen molar-refractivity contribution in [3.63, 3.8) is 0 Å². The molecule has 0 bridgehead atoms. The molecule has 5 heteroatoms. The summed E-state index contributed by atoms with van der Waals surface area (Å²) in [6.45, 7) is 9.96. The molecule has 1 N–H and O–H groups in total. The maximum Gasteiger partial charge on any atom is 0.138 e. The third kappa shape index (κ3) is 3.90. The average molecular weight is 293 g/mol. The summed E-state index contributed by atoms with van der Waals surface area (Å²) in [6, 6.07) is 2.16. The van der Waals surface area contributed by atoms with Crippen molar-refractivity contribution in [2.75, 3.05) is 18.5 Å². The lowest BCUT2D eigenvalue weighted by atomic mass is 10.3. The summed E-state index contributed by atoms with van der Waals surface area (Å²) in [7, 11) is 0. The van der Waals surface area contributed by atoms with Gasteiger partial charge in [-0.15, -0.1) is 11.3 Å². The van der Waals surface area contributed by atoms with Gasteiger partial charge >= 0.3 is 0 Å². The number of aromatic nitrogens is 2. The van der Waals surface area contributed by atoms with Crippen molar-refractivity contribution in [2.45, 2.75) is 46.6 Å². The van der Waals surface area contributed by atoms with Gasteiger partial charge in [-0.1, -0.05) is 6.92 Å². The lowest BCUT2D eigenvalue weighted by Gasteiger charge is -2.10. The van der Waals surface area contributed by atoms with Crippen LogP contribution in [0, 0.1) is 6.92 Å². The van der Waals surface area contributed by atoms with Gasteiger partial charge in [0.2, 0.25) is 0 Å². The van der Waals surface area contributed by atoms with E-state index >= 15 is 0 Å². The van der Waals surface area contributed by atoms with E-state index in [1.807, 2.05) is 0 Å². The zero-order valence-corrected chi connectivity index (χ0v) is 13.5. The van der Waals surface area contributed by atoms with Crippen molar-refractivity contribution >= 4 is 27.4 Å². The van der Waals surface area contributed by atoms with Crippen LogP contribution < -0.4 is 5.32 Å². The Morgan fingerprint density at radius 1 is 1.35 bits per heavy atom. The van der Waals surface area contributed by atoms with Gasteiger partial charge in [0.1, 0.15) is 16.5 Å². The van der Waals surface area contributed by atoms with Gasteiger partial charge in [-0.2, -0.15) is 0 Å². The SMILES string of the molecule is CCc1nc(NCCCOC(C)C)c2cc(C)sc2n1. The van der Waals surface area contributed by atoms with E-state index in [2.05, 4.69) is 49.0 Å². The lowest BCUT2D eigenvalue weighted by molar-refractivity contribution is 0.0787. The van der Waals surface area contributed by atoms with Crippen LogP contribution in [0.1, 0.15) is 37.9 Å². The van der Waals surface area contributed by atoms with Crippen LogP contribution >= 0.6 is 11.3 Å². The van der Waals surface area contributed by atoms with Gasteiger partial charge in [0.15, 0.2) is 0 Å². The normalized spacial score (nSPS) is 11.4. The van der Waals surface area contributed by atoms with Crippen LogP contribution in [0.4, 0.5) is 5.82 Å². The van der Waals surface area contributed by atoms with Crippen LogP contribution in [0.3, 0.4) is 0 Å². The molecule has 0 spiro atoms. The standard InChI is InChI=1S/C15H23N3OS/c1-5-13-17-14(16-7-6-8-19-10(2)3)12-9-11(4)20-15(12)18-13/h9-10H,5-8H2,1-4H3,(H,16,17,18). The van der Waals surface area contributed by atoms with Crippen LogP contribution in [-0.4, -0.2) is 29.2 Å². The van der Waals surface area contributed by atoms with E-state index in [0.717, 1.165) is 47.9 Å². The highest BCUT2D eigenvalue weighted by molar-refractivity contribution is 7.18. The molecular formula is C15H23N3OS. The summed E-state index contributed by atoms with van der Waals surface area (Å²) in [4.78, 5) is 11.5.